The van der Waals surface area contributed by atoms with Crippen molar-refractivity contribution in [1.29, 1.82) is 0 Å². The molecular weight excluding hydrogens is 212 g/mol. The van der Waals surface area contributed by atoms with Gasteiger partial charge in [-0.3, -0.25) is 0 Å². The van der Waals surface area contributed by atoms with E-state index in [1.165, 1.54) is 17.2 Å². The van der Waals surface area contributed by atoms with Crippen molar-refractivity contribution in [3.8, 4) is 0 Å². The number of hydrogen-bond acceptors (Lipinski definition) is 2. The summed E-state index contributed by atoms with van der Waals surface area (Å²) in [6.45, 7) is 10.4. The summed E-state index contributed by atoms with van der Waals surface area (Å²) in [6.07, 6.45) is 7.76. The lowest BCUT2D eigenvalue weighted by atomic mass is 10.1. The molecule has 0 unspecified atom stereocenters. The summed E-state index contributed by atoms with van der Waals surface area (Å²) in [5.74, 6) is -0.265. The van der Waals surface area contributed by atoms with Crippen LogP contribution in [0.15, 0.2) is 34.9 Å². The average molecular weight is 236 g/mol. The van der Waals surface area contributed by atoms with Crippen molar-refractivity contribution in [2.75, 3.05) is 6.61 Å². The van der Waals surface area contributed by atoms with Gasteiger partial charge < -0.3 is 4.74 Å². The Balaban J connectivity index is 3.88. The third-order valence-electron chi connectivity index (χ3n) is 2.16. The quantitative estimate of drug-likeness (QED) is 0.393. The van der Waals surface area contributed by atoms with Crippen LogP contribution in [0.5, 0.6) is 0 Å². The molecule has 0 bridgehead atoms. The molecule has 0 spiro atoms. The minimum Gasteiger partial charge on any atom is -0.458 e. The minimum atomic E-state index is -0.265. The zero-order valence-corrected chi connectivity index (χ0v) is 11.7. The number of carbonyl (C=O) groups is 1. The van der Waals surface area contributed by atoms with Crippen LogP contribution in [0, 0.1) is 0 Å². The number of allylic oxidation sites excluding steroid dienone is 4. The Morgan fingerprint density at radius 1 is 1.00 bits per heavy atom. The van der Waals surface area contributed by atoms with Gasteiger partial charge in [-0.1, -0.05) is 22.8 Å². The highest BCUT2D eigenvalue weighted by Gasteiger charge is 1.96. The van der Waals surface area contributed by atoms with Gasteiger partial charge in [0.15, 0.2) is 0 Å². The molecule has 0 fully saturated rings. The third kappa shape index (κ3) is 11.0. The third-order valence-corrected chi connectivity index (χ3v) is 2.16. The van der Waals surface area contributed by atoms with Crippen molar-refractivity contribution in [3.05, 3.63) is 34.9 Å². The molecule has 0 heterocycles. The summed E-state index contributed by atoms with van der Waals surface area (Å²) in [7, 11) is 0. The molecular formula is C15H24O2. The van der Waals surface area contributed by atoms with Gasteiger partial charge >= 0.3 is 5.97 Å². The fourth-order valence-corrected chi connectivity index (χ4v) is 1.23. The van der Waals surface area contributed by atoms with Crippen LogP contribution in [0.4, 0.5) is 0 Å². The monoisotopic (exact) mass is 236 g/mol. The Morgan fingerprint density at radius 2 is 1.65 bits per heavy atom. The second-order valence-electron chi connectivity index (χ2n) is 4.72. The van der Waals surface area contributed by atoms with Gasteiger partial charge in [-0.15, -0.1) is 0 Å². The highest BCUT2D eigenvalue weighted by Crippen LogP contribution is 2.06. The van der Waals surface area contributed by atoms with Crippen molar-refractivity contribution >= 4 is 5.97 Å². The van der Waals surface area contributed by atoms with Gasteiger partial charge in [0, 0.05) is 6.08 Å². The van der Waals surface area contributed by atoms with E-state index in [4.69, 9.17) is 4.74 Å². The lowest BCUT2D eigenvalue weighted by molar-refractivity contribution is -0.136. The molecule has 0 radical (unpaired) electrons. The predicted octanol–water partition coefficient (Wildman–Crippen LogP) is 4.19. The molecule has 0 saturated heterocycles. The Morgan fingerprint density at radius 3 is 2.18 bits per heavy atom. The number of esters is 1. The van der Waals surface area contributed by atoms with Crippen LogP contribution in [0.3, 0.4) is 0 Å². The maximum Gasteiger partial charge on any atom is 0.330 e. The lowest BCUT2D eigenvalue weighted by Crippen LogP contribution is -2.01. The first-order valence-electron chi connectivity index (χ1n) is 6.02. The summed E-state index contributed by atoms with van der Waals surface area (Å²) in [5.41, 5.74) is 3.56. The summed E-state index contributed by atoms with van der Waals surface area (Å²) >= 11 is 0. The number of hydrogen-bond donors (Lipinski definition) is 0. The van der Waals surface area contributed by atoms with E-state index in [9.17, 15) is 4.79 Å². The van der Waals surface area contributed by atoms with Crippen LogP contribution < -0.4 is 0 Å². The van der Waals surface area contributed by atoms with Crippen LogP contribution in [0.25, 0.3) is 0 Å². The normalized spacial score (nSPS) is 10.8. The average Bonchev–Trinajstić information content (AvgIpc) is 2.15. The smallest absolute Gasteiger partial charge is 0.330 e. The second kappa shape index (κ2) is 8.80. The molecule has 96 valence electrons. The van der Waals surface area contributed by atoms with Crippen LogP contribution in [-0.4, -0.2) is 12.6 Å². The minimum absolute atomic E-state index is 0.265. The van der Waals surface area contributed by atoms with Crippen LogP contribution in [-0.2, 0) is 9.53 Å². The van der Waals surface area contributed by atoms with Gasteiger partial charge in [-0.2, -0.15) is 0 Å². The number of carbonyl (C=O) groups excluding carboxylic acids is 1. The van der Waals surface area contributed by atoms with Crippen LogP contribution >= 0.6 is 0 Å². The first kappa shape index (κ1) is 15.7. The molecule has 0 atom stereocenters. The first-order valence-corrected chi connectivity index (χ1v) is 6.02. The van der Waals surface area contributed by atoms with E-state index in [-0.39, 0.29) is 5.97 Å². The number of rotatable bonds is 6. The highest BCUT2D eigenvalue weighted by molar-refractivity contribution is 5.82. The molecule has 0 aromatic carbocycles. The van der Waals surface area contributed by atoms with Crippen molar-refractivity contribution in [1.82, 2.24) is 0 Å². The van der Waals surface area contributed by atoms with Crippen LogP contribution in [0.2, 0.25) is 0 Å². The largest absolute Gasteiger partial charge is 0.458 e. The van der Waals surface area contributed by atoms with Crippen molar-refractivity contribution < 1.29 is 9.53 Å². The van der Waals surface area contributed by atoms with E-state index < -0.39 is 0 Å². The molecule has 0 amide bonds. The first-order chi connectivity index (χ1) is 7.91. The summed E-state index contributed by atoms with van der Waals surface area (Å²) in [6, 6.07) is 0. The van der Waals surface area contributed by atoms with E-state index in [1.807, 2.05) is 19.9 Å². The fraction of sp³-hybridized carbons (Fsp3) is 0.533. The van der Waals surface area contributed by atoms with E-state index >= 15 is 0 Å². The highest BCUT2D eigenvalue weighted by atomic mass is 16.5. The second-order valence-corrected chi connectivity index (χ2v) is 4.72. The van der Waals surface area contributed by atoms with Crippen molar-refractivity contribution in [2.45, 2.75) is 47.5 Å². The molecule has 0 aliphatic heterocycles. The fourth-order valence-electron chi connectivity index (χ4n) is 1.23. The molecule has 0 rings (SSSR count). The summed E-state index contributed by atoms with van der Waals surface area (Å²) in [5, 5.41) is 0. The standard InChI is InChI=1S/C15H24O2/c1-12(2)7-6-8-14(5)9-10-17-15(16)11-13(3)4/h7,9,11H,6,8,10H2,1-5H3/b14-9+. The van der Waals surface area contributed by atoms with Gasteiger partial charge in [-0.05, 0) is 53.5 Å². The van der Waals surface area contributed by atoms with Gasteiger partial charge in [0.2, 0.25) is 0 Å². The number of ether oxygens (including phenoxy) is 1. The topological polar surface area (TPSA) is 26.3 Å². The molecule has 0 aliphatic rings. The molecule has 0 aliphatic carbocycles. The van der Waals surface area contributed by atoms with Gasteiger partial charge in [0.05, 0.1) is 0 Å². The molecule has 17 heavy (non-hydrogen) atoms. The van der Waals surface area contributed by atoms with E-state index in [1.54, 1.807) is 0 Å². The Hall–Kier alpha value is -1.31. The Labute approximate surface area is 105 Å². The SMILES string of the molecule is CC(C)=CCC/C(C)=C/COC(=O)C=C(C)C. The van der Waals surface area contributed by atoms with Crippen molar-refractivity contribution in [3.63, 3.8) is 0 Å². The predicted molar refractivity (Wildman–Crippen MR) is 72.8 cm³/mol. The van der Waals surface area contributed by atoms with Gasteiger partial charge in [-0.25, -0.2) is 4.79 Å². The zero-order valence-electron chi connectivity index (χ0n) is 11.7. The molecule has 2 heteroatoms. The van der Waals surface area contributed by atoms with E-state index in [0.29, 0.717) is 6.61 Å². The lowest BCUT2D eigenvalue weighted by Gasteiger charge is -2.01. The molecule has 0 saturated carbocycles. The zero-order chi connectivity index (χ0) is 13.3. The molecule has 0 aromatic heterocycles. The maximum atomic E-state index is 11.2. The maximum absolute atomic E-state index is 11.2. The van der Waals surface area contributed by atoms with Gasteiger partial charge in [0.25, 0.3) is 0 Å². The van der Waals surface area contributed by atoms with Crippen molar-refractivity contribution in [2.24, 2.45) is 0 Å². The van der Waals surface area contributed by atoms with E-state index in [2.05, 4.69) is 26.8 Å². The summed E-state index contributed by atoms with van der Waals surface area (Å²) < 4.78 is 5.04. The Bertz CT molecular complexity index is 325. The molecule has 0 aromatic rings. The molecule has 0 N–H and O–H groups in total. The Kier molecular flexibility index (Phi) is 8.12. The summed E-state index contributed by atoms with van der Waals surface area (Å²) in [4.78, 5) is 11.2. The van der Waals surface area contributed by atoms with E-state index in [0.717, 1.165) is 18.4 Å². The van der Waals surface area contributed by atoms with Crippen LogP contribution in [0.1, 0.15) is 47.5 Å². The van der Waals surface area contributed by atoms with Gasteiger partial charge in [0.1, 0.15) is 6.61 Å². The molecule has 2 nitrogen and oxygen atoms in total.